The molecule has 7 atom stereocenters. The highest BCUT2D eigenvalue weighted by atomic mass is 16.8. The summed E-state index contributed by atoms with van der Waals surface area (Å²) in [7, 11) is 0. The molecule has 4 heterocycles. The maximum atomic E-state index is 14.6. The molecule has 0 bridgehead atoms. The molecule has 8 rings (SSSR count). The zero-order chi connectivity index (χ0) is 42.2. The fraction of sp³-hybridized carbons (Fsp3) is 0.617. The molecule has 0 spiro atoms. The van der Waals surface area contributed by atoms with Gasteiger partial charge in [0.2, 0.25) is 18.9 Å². The van der Waals surface area contributed by atoms with E-state index in [1.807, 2.05) is 30.3 Å². The van der Waals surface area contributed by atoms with Crippen molar-refractivity contribution in [1.29, 1.82) is 0 Å². The smallest absolute Gasteiger partial charge is 0.410 e. The number of nitrogens with zero attached hydrogens (tertiary/aromatic N) is 3. The summed E-state index contributed by atoms with van der Waals surface area (Å²) in [6.45, 7) is 10.9. The number of aliphatic hydroxyl groups is 2. The normalized spacial score (nSPS) is 27.9. The first-order chi connectivity index (χ1) is 30.0. The lowest BCUT2D eigenvalue weighted by molar-refractivity contribution is -0.256. The number of hydrogen-bond acceptors (Lipinski definition) is 13. The number of hydrogen-bond donors (Lipinski definition) is 2. The number of aliphatic hydroxyl groups excluding tert-OH is 2. The van der Waals surface area contributed by atoms with E-state index in [4.69, 9.17) is 43.2 Å². The van der Waals surface area contributed by atoms with Crippen LogP contribution in [0.3, 0.4) is 0 Å². The van der Waals surface area contributed by atoms with Crippen LogP contribution in [0, 0.1) is 17.8 Å². The Labute approximate surface area is 359 Å². The Morgan fingerprint density at radius 1 is 1.03 bits per heavy atom. The molecule has 0 radical (unpaired) electrons. The first-order valence-corrected chi connectivity index (χ1v) is 22.5. The SMILES string of the molecule is C=CCO[C@@]12Oc3ccc(OCCN4CC4)cc3[C@H]3[C@H](CCCCO)[C@@H](CCCCO)C=C(C(=NOC4CCCCO4)C[C@@H]1N(Cc1ccc4c(c1)OCO4)C(=O)OCC)[C@H]32. The van der Waals surface area contributed by atoms with E-state index in [0.29, 0.717) is 49.0 Å². The second-order valence-electron chi connectivity index (χ2n) is 16.9. The maximum absolute atomic E-state index is 14.6. The number of carbonyl (C=O) groups excluding carboxylic acids is 1. The molecule has 332 valence electrons. The zero-order valence-electron chi connectivity index (χ0n) is 35.5. The Morgan fingerprint density at radius 2 is 1.85 bits per heavy atom. The highest BCUT2D eigenvalue weighted by Gasteiger charge is 2.65. The van der Waals surface area contributed by atoms with Crippen LogP contribution >= 0.6 is 0 Å². The molecule has 2 aromatic rings. The largest absolute Gasteiger partial charge is 0.492 e. The van der Waals surface area contributed by atoms with Crippen LogP contribution in [-0.2, 0) is 25.6 Å². The first kappa shape index (κ1) is 43.3. The van der Waals surface area contributed by atoms with Gasteiger partial charge in [-0.05, 0) is 98.8 Å². The second kappa shape index (κ2) is 20.2. The number of carbonyl (C=O) groups is 1. The number of allylic oxidation sites excluding steroid dienone is 1. The fourth-order valence-corrected chi connectivity index (χ4v) is 9.99. The lowest BCUT2D eigenvalue weighted by Gasteiger charge is -2.59. The molecule has 2 saturated heterocycles. The minimum atomic E-state index is -1.44. The molecule has 3 fully saturated rings. The van der Waals surface area contributed by atoms with E-state index in [-0.39, 0.29) is 63.9 Å². The van der Waals surface area contributed by atoms with Crippen molar-refractivity contribution in [3.8, 4) is 23.0 Å². The third-order valence-corrected chi connectivity index (χ3v) is 12.9. The molecule has 1 amide bonds. The second-order valence-corrected chi connectivity index (χ2v) is 16.9. The summed E-state index contributed by atoms with van der Waals surface area (Å²) in [6.07, 6.45) is 10.7. The average molecular weight is 846 g/mol. The van der Waals surface area contributed by atoms with Crippen LogP contribution < -0.4 is 18.9 Å². The first-order valence-electron chi connectivity index (χ1n) is 22.5. The minimum Gasteiger partial charge on any atom is -0.492 e. The van der Waals surface area contributed by atoms with Gasteiger partial charge in [-0.1, -0.05) is 36.2 Å². The third kappa shape index (κ3) is 9.68. The fourth-order valence-electron chi connectivity index (χ4n) is 9.99. The van der Waals surface area contributed by atoms with Gasteiger partial charge < -0.3 is 48.2 Å². The molecular weight excluding hydrogens is 783 g/mol. The van der Waals surface area contributed by atoms with Gasteiger partial charge in [0.25, 0.3) is 0 Å². The van der Waals surface area contributed by atoms with Gasteiger partial charge in [0.1, 0.15) is 24.1 Å². The molecule has 2 aliphatic carbocycles. The van der Waals surface area contributed by atoms with Gasteiger partial charge >= 0.3 is 6.09 Å². The van der Waals surface area contributed by atoms with E-state index < -0.39 is 30.1 Å². The molecule has 61 heavy (non-hydrogen) atoms. The van der Waals surface area contributed by atoms with E-state index in [9.17, 15) is 15.0 Å². The van der Waals surface area contributed by atoms with Crippen molar-refractivity contribution in [2.45, 2.75) is 102 Å². The predicted molar refractivity (Wildman–Crippen MR) is 227 cm³/mol. The van der Waals surface area contributed by atoms with Gasteiger partial charge in [-0.25, -0.2) is 4.79 Å². The van der Waals surface area contributed by atoms with Crippen molar-refractivity contribution in [2.24, 2.45) is 22.9 Å². The summed E-state index contributed by atoms with van der Waals surface area (Å²) in [6, 6.07) is 11.0. The molecule has 2 N–H and O–H groups in total. The lowest BCUT2D eigenvalue weighted by atomic mass is 9.55. The summed E-state index contributed by atoms with van der Waals surface area (Å²) >= 11 is 0. The Balaban J connectivity index is 1.30. The van der Waals surface area contributed by atoms with Gasteiger partial charge in [-0.3, -0.25) is 9.80 Å². The van der Waals surface area contributed by atoms with Crippen molar-refractivity contribution in [3.63, 3.8) is 0 Å². The molecule has 1 saturated carbocycles. The molecule has 4 aliphatic heterocycles. The summed E-state index contributed by atoms with van der Waals surface area (Å²) in [4.78, 5) is 24.9. The van der Waals surface area contributed by atoms with E-state index in [1.54, 1.807) is 17.9 Å². The number of benzene rings is 2. The van der Waals surface area contributed by atoms with Crippen molar-refractivity contribution < 1.29 is 53.0 Å². The molecule has 6 aliphatic rings. The van der Waals surface area contributed by atoms with Crippen LogP contribution in [0.4, 0.5) is 4.79 Å². The number of fused-ring (bicyclic) bond motifs is 3. The van der Waals surface area contributed by atoms with Gasteiger partial charge in [-0.2, -0.15) is 0 Å². The number of ether oxygens (including phenoxy) is 7. The Kier molecular flexibility index (Phi) is 14.4. The van der Waals surface area contributed by atoms with Gasteiger partial charge in [0.05, 0.1) is 31.5 Å². The minimum absolute atomic E-state index is 0.0775. The molecule has 1 unspecified atom stereocenters. The molecule has 14 heteroatoms. The lowest BCUT2D eigenvalue weighted by Crippen LogP contribution is -2.70. The monoisotopic (exact) mass is 845 g/mol. The Morgan fingerprint density at radius 3 is 2.62 bits per heavy atom. The topological polar surface area (TPSA) is 150 Å². The van der Waals surface area contributed by atoms with E-state index >= 15 is 0 Å². The van der Waals surface area contributed by atoms with Crippen LogP contribution in [0.15, 0.2) is 65.9 Å². The number of rotatable bonds is 21. The number of oxime groups is 1. The summed E-state index contributed by atoms with van der Waals surface area (Å²) in [5, 5.41) is 24.9. The standard InChI is InChI=1S/C47H63N3O11/c1-3-23-59-47-42(50(46(53)54-4-2)30-32-14-16-40-41(26-32)58-31-57-40)29-38(48-61-43-13-7-10-24-56-43)36-27-33(11-5-8-21-51)35(12-6-9-22-52)44(45(36)47)37-28-34(15-17-39(37)60-47)55-25-20-49-18-19-49/h3,14-17,26-28,33,35,42-45,51-52H,1,4-13,18-25,29-31H2,2H3/t33-,35+,42-,43?,44+,45+,47+/m0/s1. The average Bonchev–Trinajstić information content (AvgIpc) is 3.99. The van der Waals surface area contributed by atoms with E-state index in [0.717, 1.165) is 87.0 Å². The van der Waals surface area contributed by atoms with Gasteiger partial charge in [0, 0.05) is 63.7 Å². The Bertz CT molecular complexity index is 1880. The predicted octanol–water partition coefficient (Wildman–Crippen LogP) is 6.93. The van der Waals surface area contributed by atoms with E-state index in [1.165, 1.54) is 0 Å². The third-order valence-electron chi connectivity index (χ3n) is 12.9. The zero-order valence-corrected chi connectivity index (χ0v) is 35.5. The quantitative estimate of drug-likeness (QED) is 0.0581. The van der Waals surface area contributed by atoms with Crippen LogP contribution in [0.5, 0.6) is 23.0 Å². The molecule has 0 aromatic heterocycles. The van der Waals surface area contributed by atoms with Crippen LogP contribution in [0.1, 0.15) is 88.2 Å². The van der Waals surface area contributed by atoms with Crippen molar-refractivity contribution >= 4 is 11.8 Å². The van der Waals surface area contributed by atoms with Gasteiger partial charge in [-0.15, -0.1) is 6.58 Å². The van der Waals surface area contributed by atoms with Crippen LogP contribution in [0.2, 0.25) is 0 Å². The molecule has 14 nitrogen and oxygen atoms in total. The van der Waals surface area contributed by atoms with Crippen LogP contribution in [0.25, 0.3) is 0 Å². The summed E-state index contributed by atoms with van der Waals surface area (Å²) < 4.78 is 44.2. The molecule has 2 aromatic carbocycles. The highest BCUT2D eigenvalue weighted by Crippen LogP contribution is 2.62. The number of amides is 1. The van der Waals surface area contributed by atoms with Crippen molar-refractivity contribution in [3.05, 3.63) is 71.8 Å². The van der Waals surface area contributed by atoms with Crippen molar-refractivity contribution in [1.82, 2.24) is 9.80 Å². The Hall–Kier alpha value is -4.34. The summed E-state index contributed by atoms with van der Waals surface area (Å²) in [5.74, 6) is 0.764. The van der Waals surface area contributed by atoms with Gasteiger partial charge in [0.15, 0.2) is 11.5 Å². The molecular formula is C47H63N3O11. The van der Waals surface area contributed by atoms with Crippen molar-refractivity contribution in [2.75, 3.05) is 66.1 Å². The van der Waals surface area contributed by atoms with Crippen LogP contribution in [-0.4, -0.2) is 116 Å². The summed E-state index contributed by atoms with van der Waals surface area (Å²) in [5.41, 5.74) is 3.48. The maximum Gasteiger partial charge on any atom is 0.410 e. The number of unbranched alkanes of at least 4 members (excludes halogenated alkanes) is 2. The van der Waals surface area contributed by atoms with E-state index in [2.05, 4.69) is 23.6 Å². The highest BCUT2D eigenvalue weighted by molar-refractivity contribution is 6.03.